The summed E-state index contributed by atoms with van der Waals surface area (Å²) < 4.78 is 0. The van der Waals surface area contributed by atoms with E-state index in [9.17, 15) is 0 Å². The van der Waals surface area contributed by atoms with Crippen LogP contribution in [0, 0.1) is 5.92 Å². The molecule has 0 bridgehead atoms. The van der Waals surface area contributed by atoms with Crippen LogP contribution in [-0.2, 0) is 0 Å². The molecular weight excluding hydrogens is 196 g/mol. The second-order valence-corrected chi connectivity index (χ2v) is 6.23. The number of hydrogen-bond acceptors (Lipinski definition) is 2. The third-order valence-electron chi connectivity index (χ3n) is 5.03. The van der Waals surface area contributed by atoms with Gasteiger partial charge in [0, 0.05) is 24.7 Å². The highest BCUT2D eigenvalue weighted by Gasteiger charge is 2.31. The largest absolute Gasteiger partial charge is 0.314 e. The van der Waals surface area contributed by atoms with Crippen molar-refractivity contribution < 1.29 is 0 Å². The molecule has 1 aliphatic carbocycles. The molecule has 0 radical (unpaired) electrons. The number of nitrogens with one attached hydrogen (secondary N) is 1. The Morgan fingerprint density at radius 1 is 1.31 bits per heavy atom. The highest BCUT2D eigenvalue weighted by Crippen LogP contribution is 2.32. The standard InChI is InChI=1S/C14H28N2/c1-12(11-13-5-4-6-13)16-9-7-14(2,15-3)8-10-16/h12-13,15H,4-11H2,1-3H3. The SMILES string of the molecule is CNC1(C)CCN(C(C)CC2CCC2)CC1. The first-order valence-electron chi connectivity index (χ1n) is 7.06. The van der Waals surface area contributed by atoms with Crippen LogP contribution < -0.4 is 5.32 Å². The quantitative estimate of drug-likeness (QED) is 0.790. The van der Waals surface area contributed by atoms with Crippen LogP contribution in [0.5, 0.6) is 0 Å². The third-order valence-corrected chi connectivity index (χ3v) is 5.03. The van der Waals surface area contributed by atoms with Gasteiger partial charge in [0.15, 0.2) is 0 Å². The minimum absolute atomic E-state index is 0.396. The van der Waals surface area contributed by atoms with Crippen molar-refractivity contribution in [3.8, 4) is 0 Å². The maximum Gasteiger partial charge on any atom is 0.0174 e. The van der Waals surface area contributed by atoms with E-state index in [1.807, 2.05) is 0 Å². The summed E-state index contributed by atoms with van der Waals surface area (Å²) in [4.78, 5) is 2.71. The zero-order valence-electron chi connectivity index (χ0n) is 11.3. The van der Waals surface area contributed by atoms with Crippen LogP contribution >= 0.6 is 0 Å². The molecule has 1 heterocycles. The van der Waals surface area contributed by atoms with Gasteiger partial charge in [-0.05, 0) is 46.1 Å². The summed E-state index contributed by atoms with van der Waals surface area (Å²) in [5, 5.41) is 3.48. The van der Waals surface area contributed by atoms with Gasteiger partial charge in [-0.15, -0.1) is 0 Å². The maximum atomic E-state index is 3.48. The van der Waals surface area contributed by atoms with E-state index in [-0.39, 0.29) is 0 Å². The van der Waals surface area contributed by atoms with Gasteiger partial charge in [-0.25, -0.2) is 0 Å². The molecule has 1 saturated carbocycles. The fourth-order valence-corrected chi connectivity index (χ4v) is 3.07. The number of nitrogens with zero attached hydrogens (tertiary/aromatic N) is 1. The highest BCUT2D eigenvalue weighted by molar-refractivity contribution is 4.90. The predicted octanol–water partition coefficient (Wildman–Crippen LogP) is 2.64. The van der Waals surface area contributed by atoms with Crippen molar-refractivity contribution in [3.05, 3.63) is 0 Å². The Labute approximate surface area is 101 Å². The summed E-state index contributed by atoms with van der Waals surface area (Å²) in [6.07, 6.45) is 8.52. The molecule has 0 amide bonds. The van der Waals surface area contributed by atoms with E-state index in [0.717, 1.165) is 12.0 Å². The van der Waals surface area contributed by atoms with Crippen molar-refractivity contribution >= 4 is 0 Å². The number of rotatable bonds is 4. The topological polar surface area (TPSA) is 15.3 Å². The Morgan fingerprint density at radius 3 is 2.38 bits per heavy atom. The summed E-state index contributed by atoms with van der Waals surface area (Å²) >= 11 is 0. The van der Waals surface area contributed by atoms with Crippen molar-refractivity contribution in [2.24, 2.45) is 5.92 Å². The van der Waals surface area contributed by atoms with Gasteiger partial charge in [0.2, 0.25) is 0 Å². The Morgan fingerprint density at radius 2 is 1.94 bits per heavy atom. The second-order valence-electron chi connectivity index (χ2n) is 6.23. The molecule has 1 saturated heterocycles. The van der Waals surface area contributed by atoms with E-state index >= 15 is 0 Å². The van der Waals surface area contributed by atoms with Crippen molar-refractivity contribution in [2.45, 2.75) is 64.0 Å². The zero-order valence-corrected chi connectivity index (χ0v) is 11.3. The molecule has 2 aliphatic rings. The molecule has 1 aliphatic heterocycles. The molecule has 2 rings (SSSR count). The van der Waals surface area contributed by atoms with Gasteiger partial charge >= 0.3 is 0 Å². The Balaban J connectivity index is 1.74. The number of hydrogen-bond donors (Lipinski definition) is 1. The van der Waals surface area contributed by atoms with Crippen molar-refractivity contribution in [1.82, 2.24) is 10.2 Å². The average molecular weight is 224 g/mol. The second kappa shape index (κ2) is 5.05. The first-order valence-corrected chi connectivity index (χ1v) is 7.06. The molecule has 16 heavy (non-hydrogen) atoms. The Bertz CT molecular complexity index is 215. The molecule has 2 heteroatoms. The molecule has 2 fully saturated rings. The first kappa shape index (κ1) is 12.4. The summed E-state index contributed by atoms with van der Waals surface area (Å²) in [6.45, 7) is 7.36. The van der Waals surface area contributed by atoms with Crippen LogP contribution in [0.15, 0.2) is 0 Å². The molecule has 0 aromatic rings. The van der Waals surface area contributed by atoms with E-state index in [4.69, 9.17) is 0 Å². The van der Waals surface area contributed by atoms with Crippen LogP contribution in [0.4, 0.5) is 0 Å². The van der Waals surface area contributed by atoms with E-state index < -0.39 is 0 Å². The lowest BCUT2D eigenvalue weighted by Gasteiger charge is -2.43. The summed E-state index contributed by atoms with van der Waals surface area (Å²) in [7, 11) is 2.10. The molecule has 1 unspecified atom stereocenters. The van der Waals surface area contributed by atoms with Gasteiger partial charge in [-0.2, -0.15) is 0 Å². The molecule has 1 atom stereocenters. The Kier molecular flexibility index (Phi) is 3.91. The minimum Gasteiger partial charge on any atom is -0.314 e. The van der Waals surface area contributed by atoms with Gasteiger partial charge in [-0.1, -0.05) is 19.3 Å². The Hall–Kier alpha value is -0.0800. The van der Waals surface area contributed by atoms with E-state index in [1.54, 1.807) is 0 Å². The molecule has 0 aromatic carbocycles. The normalized spacial score (nSPS) is 28.7. The molecular formula is C14H28N2. The van der Waals surface area contributed by atoms with E-state index in [1.165, 1.54) is 51.6 Å². The summed E-state index contributed by atoms with van der Waals surface area (Å²) in [5.74, 6) is 1.05. The summed E-state index contributed by atoms with van der Waals surface area (Å²) in [5.41, 5.74) is 0.396. The summed E-state index contributed by atoms with van der Waals surface area (Å²) in [6, 6.07) is 0.812. The molecule has 2 nitrogen and oxygen atoms in total. The number of piperidine rings is 1. The van der Waals surface area contributed by atoms with Gasteiger partial charge in [-0.3, -0.25) is 0 Å². The first-order chi connectivity index (χ1) is 7.63. The lowest BCUT2D eigenvalue weighted by atomic mass is 9.80. The fraction of sp³-hybridized carbons (Fsp3) is 1.00. The van der Waals surface area contributed by atoms with Crippen LogP contribution in [0.25, 0.3) is 0 Å². The van der Waals surface area contributed by atoms with Crippen molar-refractivity contribution in [1.29, 1.82) is 0 Å². The smallest absolute Gasteiger partial charge is 0.0174 e. The van der Waals surface area contributed by atoms with Gasteiger partial charge < -0.3 is 10.2 Å². The minimum atomic E-state index is 0.396. The van der Waals surface area contributed by atoms with Crippen molar-refractivity contribution in [3.63, 3.8) is 0 Å². The van der Waals surface area contributed by atoms with Crippen LogP contribution in [0.2, 0.25) is 0 Å². The average Bonchev–Trinajstić information content (AvgIpc) is 2.24. The van der Waals surface area contributed by atoms with Crippen LogP contribution in [-0.4, -0.2) is 36.6 Å². The van der Waals surface area contributed by atoms with E-state index in [0.29, 0.717) is 5.54 Å². The van der Waals surface area contributed by atoms with Crippen LogP contribution in [0.3, 0.4) is 0 Å². The fourth-order valence-electron chi connectivity index (χ4n) is 3.07. The molecule has 0 aromatic heterocycles. The molecule has 0 spiro atoms. The van der Waals surface area contributed by atoms with Gasteiger partial charge in [0.1, 0.15) is 0 Å². The lowest BCUT2D eigenvalue weighted by Crippen LogP contribution is -2.52. The molecule has 94 valence electrons. The van der Waals surface area contributed by atoms with Crippen LogP contribution in [0.1, 0.15) is 52.4 Å². The molecule has 1 N–H and O–H groups in total. The highest BCUT2D eigenvalue weighted by atomic mass is 15.2. The zero-order chi connectivity index (χ0) is 11.6. The maximum absolute atomic E-state index is 3.48. The monoisotopic (exact) mass is 224 g/mol. The van der Waals surface area contributed by atoms with Crippen molar-refractivity contribution in [2.75, 3.05) is 20.1 Å². The van der Waals surface area contributed by atoms with Gasteiger partial charge in [0.25, 0.3) is 0 Å². The number of likely N-dealkylation sites (tertiary alicyclic amines) is 1. The lowest BCUT2D eigenvalue weighted by molar-refractivity contribution is 0.0943. The third kappa shape index (κ3) is 2.78. The predicted molar refractivity (Wildman–Crippen MR) is 69.7 cm³/mol. The van der Waals surface area contributed by atoms with Gasteiger partial charge in [0.05, 0.1) is 0 Å². The van der Waals surface area contributed by atoms with E-state index in [2.05, 4.69) is 31.1 Å².